The zero-order chi connectivity index (χ0) is 21.1. The first-order chi connectivity index (χ1) is 14.0. The van der Waals surface area contributed by atoms with Crippen LogP contribution >= 0.6 is 24.0 Å². The quantitative estimate of drug-likeness (QED) is 0.282. The molecule has 166 valence electrons. The van der Waals surface area contributed by atoms with Crippen molar-refractivity contribution in [3.8, 4) is 11.5 Å². The third-order valence-corrected chi connectivity index (χ3v) is 4.56. The number of ether oxygens (including phenoxy) is 2. The third-order valence-electron chi connectivity index (χ3n) is 4.56. The molecule has 7 heteroatoms. The predicted octanol–water partition coefficient (Wildman–Crippen LogP) is 3.47. The lowest BCUT2D eigenvalue weighted by molar-refractivity contribution is 0.259. The van der Waals surface area contributed by atoms with Gasteiger partial charge in [0.1, 0.15) is 18.1 Å². The van der Waals surface area contributed by atoms with Crippen LogP contribution in [0.3, 0.4) is 0 Å². The number of guanidine groups is 1. The molecule has 0 spiro atoms. The van der Waals surface area contributed by atoms with Crippen molar-refractivity contribution in [2.45, 2.75) is 19.9 Å². The van der Waals surface area contributed by atoms with Crippen LogP contribution in [0, 0.1) is 6.92 Å². The number of likely N-dealkylation sites (N-methyl/N-ethyl adjacent to an activating group) is 1. The fourth-order valence-electron chi connectivity index (χ4n) is 2.95. The van der Waals surface area contributed by atoms with Gasteiger partial charge < -0.3 is 25.0 Å². The summed E-state index contributed by atoms with van der Waals surface area (Å²) in [6.07, 6.45) is 0.857. The van der Waals surface area contributed by atoms with Crippen LogP contribution in [0.15, 0.2) is 47.5 Å². The van der Waals surface area contributed by atoms with Gasteiger partial charge in [-0.2, -0.15) is 0 Å². The molecule has 0 aliphatic rings. The summed E-state index contributed by atoms with van der Waals surface area (Å²) in [7, 11) is 7.57. The molecule has 30 heavy (non-hydrogen) atoms. The van der Waals surface area contributed by atoms with Gasteiger partial charge in [-0.05, 0) is 45.1 Å². The summed E-state index contributed by atoms with van der Waals surface area (Å²) < 4.78 is 11.4. The first-order valence-electron chi connectivity index (χ1n) is 9.97. The highest BCUT2D eigenvalue weighted by Crippen LogP contribution is 2.20. The number of para-hydroxylation sites is 1. The maximum atomic E-state index is 5.93. The van der Waals surface area contributed by atoms with Gasteiger partial charge >= 0.3 is 0 Å². The Balaban J connectivity index is 0.00000450. The molecule has 0 amide bonds. The molecule has 2 N–H and O–H groups in total. The van der Waals surface area contributed by atoms with Crippen LogP contribution in [-0.2, 0) is 13.0 Å². The summed E-state index contributed by atoms with van der Waals surface area (Å²) in [5, 5.41) is 6.74. The van der Waals surface area contributed by atoms with Crippen LogP contribution in [0.2, 0.25) is 0 Å². The molecule has 0 saturated carbocycles. The molecule has 0 bridgehead atoms. The van der Waals surface area contributed by atoms with E-state index in [1.165, 1.54) is 11.1 Å². The molecule has 0 aromatic heterocycles. The highest BCUT2D eigenvalue weighted by molar-refractivity contribution is 14.0. The Bertz CT molecular complexity index is 797. The van der Waals surface area contributed by atoms with E-state index in [1.807, 2.05) is 38.4 Å². The van der Waals surface area contributed by atoms with Gasteiger partial charge in [0.05, 0.1) is 7.11 Å². The molecule has 0 heterocycles. The van der Waals surface area contributed by atoms with E-state index < -0.39 is 0 Å². The Kier molecular flexibility index (Phi) is 12.2. The molecule has 0 atom stereocenters. The van der Waals surface area contributed by atoms with E-state index in [9.17, 15) is 0 Å². The summed E-state index contributed by atoms with van der Waals surface area (Å²) in [5.41, 5.74) is 3.53. The number of nitrogens with zero attached hydrogens (tertiary/aromatic N) is 2. The van der Waals surface area contributed by atoms with Crippen molar-refractivity contribution in [1.82, 2.24) is 15.5 Å². The van der Waals surface area contributed by atoms with Crippen LogP contribution in [0.1, 0.15) is 16.7 Å². The molecule has 0 fully saturated rings. The Morgan fingerprint density at radius 3 is 2.50 bits per heavy atom. The number of methoxy groups -OCH3 is 1. The third kappa shape index (κ3) is 8.79. The van der Waals surface area contributed by atoms with E-state index >= 15 is 0 Å². The zero-order valence-corrected chi connectivity index (χ0v) is 21.0. The summed E-state index contributed by atoms with van der Waals surface area (Å²) >= 11 is 0. The Hall–Kier alpha value is -2.00. The number of halogens is 1. The molecule has 2 aromatic carbocycles. The van der Waals surface area contributed by atoms with E-state index in [0.717, 1.165) is 42.5 Å². The second-order valence-corrected chi connectivity index (χ2v) is 7.18. The van der Waals surface area contributed by atoms with Crippen LogP contribution < -0.4 is 20.1 Å². The highest BCUT2D eigenvalue weighted by atomic mass is 127. The summed E-state index contributed by atoms with van der Waals surface area (Å²) in [4.78, 5) is 6.43. The molecule has 6 nitrogen and oxygen atoms in total. The molecule has 0 unspecified atom stereocenters. The van der Waals surface area contributed by atoms with Gasteiger partial charge in [0.2, 0.25) is 0 Å². The Labute approximate surface area is 198 Å². The molecule has 0 aliphatic carbocycles. The fraction of sp³-hybridized carbons (Fsp3) is 0.435. The molecule has 0 saturated heterocycles. The second kappa shape index (κ2) is 14.1. The summed E-state index contributed by atoms with van der Waals surface area (Å²) in [6, 6.07) is 14.3. The average molecular weight is 526 g/mol. The van der Waals surface area contributed by atoms with E-state index in [0.29, 0.717) is 13.2 Å². The van der Waals surface area contributed by atoms with Gasteiger partial charge in [-0.25, -0.2) is 0 Å². The van der Waals surface area contributed by atoms with Crippen LogP contribution in [0.4, 0.5) is 0 Å². The van der Waals surface area contributed by atoms with E-state index in [4.69, 9.17) is 9.47 Å². The van der Waals surface area contributed by atoms with Crippen molar-refractivity contribution < 1.29 is 9.47 Å². The minimum absolute atomic E-state index is 0. The minimum Gasteiger partial charge on any atom is -0.496 e. The standard InChI is InChI=1S/C23H34N4O2.HI/c1-18-10-11-21(28-5)19(16-18)12-13-25-23(24-2)26-17-20-8-6-7-9-22(20)29-15-14-27(3)4;/h6-11,16H,12-15,17H2,1-5H3,(H2,24,25,26);1H. The second-order valence-electron chi connectivity index (χ2n) is 7.18. The number of hydrogen-bond donors (Lipinski definition) is 2. The first-order valence-corrected chi connectivity index (χ1v) is 9.97. The van der Waals surface area contributed by atoms with Crippen molar-refractivity contribution in [2.24, 2.45) is 4.99 Å². The summed E-state index contributed by atoms with van der Waals surface area (Å²) in [6.45, 7) is 5.05. The van der Waals surface area contributed by atoms with Gasteiger partial charge in [-0.1, -0.05) is 35.9 Å². The number of aliphatic imine (C=N–C) groups is 1. The lowest BCUT2D eigenvalue weighted by Crippen LogP contribution is -2.38. The van der Waals surface area contributed by atoms with Crippen molar-refractivity contribution in [1.29, 1.82) is 0 Å². The number of benzene rings is 2. The number of hydrogen-bond acceptors (Lipinski definition) is 4. The van der Waals surface area contributed by atoms with Gasteiger partial charge in [0.15, 0.2) is 5.96 Å². The monoisotopic (exact) mass is 526 g/mol. The summed E-state index contributed by atoms with van der Waals surface area (Å²) in [5.74, 6) is 2.59. The minimum atomic E-state index is 0. The molecular formula is C23H35IN4O2. The van der Waals surface area contributed by atoms with Crippen LogP contribution in [0.5, 0.6) is 11.5 Å². The van der Waals surface area contributed by atoms with Gasteiger partial charge in [-0.15, -0.1) is 24.0 Å². The molecule has 2 rings (SSSR count). The van der Waals surface area contributed by atoms with Crippen molar-refractivity contribution in [2.75, 3.05) is 47.9 Å². The topological polar surface area (TPSA) is 58.1 Å². The lowest BCUT2D eigenvalue weighted by Gasteiger charge is -2.16. The van der Waals surface area contributed by atoms with Gasteiger partial charge in [-0.3, -0.25) is 4.99 Å². The van der Waals surface area contributed by atoms with E-state index in [1.54, 1.807) is 14.2 Å². The fourth-order valence-corrected chi connectivity index (χ4v) is 2.95. The molecule has 0 radical (unpaired) electrons. The van der Waals surface area contributed by atoms with E-state index in [2.05, 4.69) is 45.6 Å². The smallest absolute Gasteiger partial charge is 0.191 e. The molecule has 0 aliphatic heterocycles. The largest absolute Gasteiger partial charge is 0.496 e. The van der Waals surface area contributed by atoms with Gasteiger partial charge in [0, 0.05) is 32.2 Å². The average Bonchev–Trinajstić information content (AvgIpc) is 2.71. The van der Waals surface area contributed by atoms with Crippen molar-refractivity contribution >= 4 is 29.9 Å². The highest BCUT2D eigenvalue weighted by Gasteiger charge is 2.06. The van der Waals surface area contributed by atoms with Crippen LogP contribution in [0.25, 0.3) is 0 Å². The molecule has 2 aromatic rings. The Morgan fingerprint density at radius 1 is 1.03 bits per heavy atom. The number of rotatable bonds is 10. The SMILES string of the molecule is CN=C(NCCc1cc(C)ccc1OC)NCc1ccccc1OCCN(C)C.I. The molecular weight excluding hydrogens is 491 g/mol. The Morgan fingerprint density at radius 2 is 1.80 bits per heavy atom. The van der Waals surface area contributed by atoms with E-state index in [-0.39, 0.29) is 24.0 Å². The number of aryl methyl sites for hydroxylation is 1. The van der Waals surface area contributed by atoms with Gasteiger partial charge in [0.25, 0.3) is 0 Å². The predicted molar refractivity (Wildman–Crippen MR) is 136 cm³/mol. The van der Waals surface area contributed by atoms with Crippen molar-refractivity contribution in [3.05, 3.63) is 59.2 Å². The maximum Gasteiger partial charge on any atom is 0.191 e. The first kappa shape index (κ1) is 26.0. The van der Waals surface area contributed by atoms with Crippen molar-refractivity contribution in [3.63, 3.8) is 0 Å². The zero-order valence-electron chi connectivity index (χ0n) is 18.7. The lowest BCUT2D eigenvalue weighted by atomic mass is 10.1. The number of nitrogens with one attached hydrogen (secondary N) is 2. The van der Waals surface area contributed by atoms with Crippen LogP contribution in [-0.4, -0.2) is 58.8 Å². The maximum absolute atomic E-state index is 5.93. The normalized spacial score (nSPS) is 11.1.